The van der Waals surface area contributed by atoms with Crippen LogP contribution in [0.4, 0.5) is 16.2 Å². The molecule has 0 N–H and O–H groups in total. The molecule has 0 saturated carbocycles. The van der Waals surface area contributed by atoms with Gasteiger partial charge in [-0.15, -0.1) is 6.07 Å². The SMILES string of the molecule is O=C([O-])N1c2[c-]cccc2Oc2ccccc21.[Li+].[Li+]. The van der Waals surface area contributed by atoms with E-state index in [9.17, 15) is 9.90 Å². The third-order valence-electron chi connectivity index (χ3n) is 2.53. The minimum atomic E-state index is -1.30. The first kappa shape index (κ1) is 15.8. The van der Waals surface area contributed by atoms with E-state index in [0.29, 0.717) is 22.9 Å². The summed E-state index contributed by atoms with van der Waals surface area (Å²) in [4.78, 5) is 12.3. The predicted octanol–water partition coefficient (Wildman–Crippen LogP) is -3.92. The van der Waals surface area contributed by atoms with Crippen LogP contribution in [0.5, 0.6) is 11.5 Å². The van der Waals surface area contributed by atoms with Crippen molar-refractivity contribution < 1.29 is 52.4 Å². The zero-order valence-electron chi connectivity index (χ0n) is 10.7. The molecule has 1 aliphatic rings. The fraction of sp³-hybridized carbons (Fsp3) is 0. The Morgan fingerprint density at radius 2 is 1.79 bits per heavy atom. The maximum absolute atomic E-state index is 11.2. The average Bonchev–Trinajstić information content (AvgIpc) is 2.35. The van der Waals surface area contributed by atoms with Crippen molar-refractivity contribution in [2.24, 2.45) is 0 Å². The molecule has 0 radical (unpaired) electrons. The van der Waals surface area contributed by atoms with E-state index in [1.54, 1.807) is 42.5 Å². The predicted molar refractivity (Wildman–Crippen MR) is 59.3 cm³/mol. The van der Waals surface area contributed by atoms with Crippen LogP contribution in [0.1, 0.15) is 0 Å². The summed E-state index contributed by atoms with van der Waals surface area (Å²) in [5.41, 5.74) is 0.800. The first-order valence-corrected chi connectivity index (χ1v) is 5.06. The van der Waals surface area contributed by atoms with E-state index < -0.39 is 6.09 Å². The molecule has 1 aliphatic heterocycles. The number of fused-ring (bicyclic) bond motifs is 2. The molecule has 0 fully saturated rings. The van der Waals surface area contributed by atoms with Crippen molar-refractivity contribution in [1.82, 2.24) is 0 Å². The fourth-order valence-electron chi connectivity index (χ4n) is 1.83. The molecule has 19 heavy (non-hydrogen) atoms. The van der Waals surface area contributed by atoms with E-state index in [1.807, 2.05) is 0 Å². The van der Waals surface area contributed by atoms with Gasteiger partial charge in [0.1, 0.15) is 11.8 Å². The number of hydrogen-bond acceptors (Lipinski definition) is 3. The van der Waals surface area contributed by atoms with Gasteiger partial charge < -0.3 is 19.5 Å². The molecule has 1 amide bonds. The number of para-hydroxylation sites is 3. The second-order valence-electron chi connectivity index (χ2n) is 3.55. The first-order valence-electron chi connectivity index (χ1n) is 5.06. The van der Waals surface area contributed by atoms with E-state index in [1.165, 1.54) is 0 Å². The number of ether oxygens (including phenoxy) is 1. The quantitative estimate of drug-likeness (QED) is 0.348. The molecule has 0 saturated heterocycles. The zero-order valence-corrected chi connectivity index (χ0v) is 10.7. The Morgan fingerprint density at radius 3 is 2.53 bits per heavy atom. The number of amides is 1. The van der Waals surface area contributed by atoms with Crippen LogP contribution in [0.3, 0.4) is 0 Å². The van der Waals surface area contributed by atoms with Crippen LogP contribution in [-0.2, 0) is 0 Å². The third kappa shape index (κ3) is 2.68. The standard InChI is InChI=1S/C13H8NO3.2Li/c15-13(16)14-9-5-1-3-7-11(9)17-12-8-4-2-6-10(12)14;;/h1-5,7-8H,(H,15,16);;/q-1;2*+1/p-1. The van der Waals surface area contributed by atoms with E-state index in [0.717, 1.165) is 4.90 Å². The Bertz CT molecular complexity index is 558. The number of benzene rings is 2. The van der Waals surface area contributed by atoms with Gasteiger partial charge in [0, 0.05) is 5.75 Å². The summed E-state index contributed by atoms with van der Waals surface area (Å²) in [6.07, 6.45) is -1.30. The van der Waals surface area contributed by atoms with Gasteiger partial charge in [-0.1, -0.05) is 12.1 Å². The minimum absolute atomic E-state index is 0. The van der Waals surface area contributed by atoms with Gasteiger partial charge in [-0.05, 0) is 17.8 Å². The van der Waals surface area contributed by atoms with Crippen LogP contribution < -0.4 is 52.5 Å². The Labute approximate surface area is 134 Å². The molecule has 6 heteroatoms. The van der Waals surface area contributed by atoms with E-state index in [2.05, 4.69) is 6.07 Å². The van der Waals surface area contributed by atoms with Crippen molar-refractivity contribution in [2.75, 3.05) is 4.90 Å². The summed E-state index contributed by atoms with van der Waals surface area (Å²) in [5, 5.41) is 11.2. The van der Waals surface area contributed by atoms with Crippen LogP contribution in [0.2, 0.25) is 0 Å². The molecule has 1 heterocycles. The molecule has 0 aliphatic carbocycles. The molecule has 0 aromatic heterocycles. The maximum Gasteiger partial charge on any atom is 1.00 e. The number of carbonyl (C=O) groups excluding carboxylic acids is 1. The Hall–Kier alpha value is -1.30. The molecular weight excluding hydrogens is 232 g/mol. The van der Waals surface area contributed by atoms with Gasteiger partial charge in [0.2, 0.25) is 0 Å². The maximum atomic E-state index is 11.2. The van der Waals surface area contributed by atoms with Crippen molar-refractivity contribution in [1.29, 1.82) is 0 Å². The smallest absolute Gasteiger partial charge is 0.529 e. The van der Waals surface area contributed by atoms with E-state index >= 15 is 0 Å². The zero-order chi connectivity index (χ0) is 11.8. The molecule has 2 aromatic carbocycles. The van der Waals surface area contributed by atoms with Crippen LogP contribution in [0.15, 0.2) is 42.5 Å². The second-order valence-corrected chi connectivity index (χ2v) is 3.55. The fourth-order valence-corrected chi connectivity index (χ4v) is 1.83. The van der Waals surface area contributed by atoms with Crippen LogP contribution >= 0.6 is 0 Å². The van der Waals surface area contributed by atoms with Crippen LogP contribution in [0, 0.1) is 6.07 Å². The van der Waals surface area contributed by atoms with Crippen molar-refractivity contribution in [3.63, 3.8) is 0 Å². The van der Waals surface area contributed by atoms with Gasteiger partial charge in [-0.3, -0.25) is 0 Å². The Balaban J connectivity index is 0.000000902. The van der Waals surface area contributed by atoms with Gasteiger partial charge >= 0.3 is 37.7 Å². The first-order chi connectivity index (χ1) is 8.27. The topological polar surface area (TPSA) is 52.6 Å². The van der Waals surface area contributed by atoms with E-state index in [-0.39, 0.29) is 37.7 Å². The number of hydrogen-bond donors (Lipinski definition) is 0. The molecule has 84 valence electrons. The Morgan fingerprint density at radius 1 is 1.11 bits per heavy atom. The summed E-state index contributed by atoms with van der Waals surface area (Å²) < 4.78 is 5.59. The monoisotopic (exact) mass is 239 g/mol. The minimum Gasteiger partial charge on any atom is -0.529 e. The Kier molecular flexibility index (Phi) is 5.17. The molecule has 0 unspecified atom stereocenters. The summed E-state index contributed by atoms with van der Waals surface area (Å²) in [5.74, 6) is 0.944. The van der Waals surface area contributed by atoms with Gasteiger partial charge in [-0.2, -0.15) is 18.2 Å². The van der Waals surface area contributed by atoms with E-state index in [4.69, 9.17) is 4.74 Å². The number of anilines is 2. The molecule has 0 spiro atoms. The summed E-state index contributed by atoms with van der Waals surface area (Å²) in [6, 6.07) is 14.8. The molecule has 4 nitrogen and oxygen atoms in total. The van der Waals surface area contributed by atoms with Gasteiger partial charge in [0.25, 0.3) is 0 Å². The number of rotatable bonds is 0. The average molecular weight is 239 g/mol. The van der Waals surface area contributed by atoms with Crippen molar-refractivity contribution in [2.45, 2.75) is 0 Å². The van der Waals surface area contributed by atoms with Crippen LogP contribution in [0.25, 0.3) is 0 Å². The third-order valence-corrected chi connectivity index (χ3v) is 2.53. The summed E-state index contributed by atoms with van der Waals surface area (Å²) in [7, 11) is 0. The molecule has 3 rings (SSSR count). The second kappa shape index (κ2) is 6.24. The van der Waals surface area contributed by atoms with Gasteiger partial charge in [0.05, 0.1) is 5.69 Å². The number of nitrogens with zero attached hydrogens (tertiary/aromatic N) is 1. The molecule has 2 aromatic rings. The van der Waals surface area contributed by atoms with Crippen LogP contribution in [-0.4, -0.2) is 6.09 Å². The number of carboxylic acid groups (broad SMARTS) is 1. The van der Waals surface area contributed by atoms with Crippen molar-refractivity contribution >= 4 is 17.5 Å². The normalized spacial score (nSPS) is 11.1. The van der Waals surface area contributed by atoms with Crippen molar-refractivity contribution in [3.05, 3.63) is 48.5 Å². The number of carbonyl (C=O) groups is 1. The van der Waals surface area contributed by atoms with Gasteiger partial charge in [-0.25, -0.2) is 0 Å². The molecule has 0 bridgehead atoms. The largest absolute Gasteiger partial charge is 1.00 e. The van der Waals surface area contributed by atoms with Gasteiger partial charge in [0.15, 0.2) is 0 Å². The molecular formula is C13H7Li2NO3. The summed E-state index contributed by atoms with van der Waals surface area (Å²) in [6.45, 7) is 0. The van der Waals surface area contributed by atoms with Crippen molar-refractivity contribution in [3.8, 4) is 11.5 Å². The summed E-state index contributed by atoms with van der Waals surface area (Å²) >= 11 is 0. The molecule has 0 atom stereocenters.